The minimum atomic E-state index is -0.642. The van der Waals surface area contributed by atoms with Crippen molar-refractivity contribution in [1.29, 1.82) is 0 Å². The summed E-state index contributed by atoms with van der Waals surface area (Å²) in [7, 11) is 0. The Morgan fingerprint density at radius 2 is 2.11 bits per heavy atom. The molecular formula is C11H7Cl2FN5+. The van der Waals surface area contributed by atoms with Crippen molar-refractivity contribution in [1.82, 2.24) is 0 Å². The van der Waals surface area contributed by atoms with Crippen LogP contribution in [-0.4, -0.2) is 22.6 Å². The molecule has 0 saturated carbocycles. The molecule has 3 rings (SSSR count). The van der Waals surface area contributed by atoms with Gasteiger partial charge in [0.05, 0.1) is 16.8 Å². The molecule has 1 atom stereocenters. The Kier molecular flexibility index (Phi) is 2.67. The third-order valence-corrected chi connectivity index (χ3v) is 3.52. The number of aliphatic imine (C=N–C) groups is 2. The lowest BCUT2D eigenvalue weighted by molar-refractivity contribution is -0.680. The van der Waals surface area contributed by atoms with Gasteiger partial charge in [0.1, 0.15) is 5.82 Å². The average molecular weight is 299 g/mol. The van der Waals surface area contributed by atoms with Crippen molar-refractivity contribution in [2.45, 2.75) is 0 Å². The molecule has 0 aliphatic carbocycles. The van der Waals surface area contributed by atoms with E-state index in [4.69, 9.17) is 29.1 Å². The summed E-state index contributed by atoms with van der Waals surface area (Å²) in [6.07, 6.45) is 2.63. The number of allylic oxidation sites excluding steroid dienone is 1. The SMILES string of the molecule is NC1=C(c2c(F)cccc2Cl)C=NC2=NC=N[N+]21Cl. The van der Waals surface area contributed by atoms with Gasteiger partial charge in [-0.25, -0.2) is 4.39 Å². The predicted molar refractivity (Wildman–Crippen MR) is 73.0 cm³/mol. The van der Waals surface area contributed by atoms with E-state index in [2.05, 4.69) is 15.1 Å². The number of nitrogens with two attached hydrogens (primary N) is 1. The number of halogens is 3. The lowest BCUT2D eigenvalue weighted by Gasteiger charge is -2.21. The molecule has 8 heteroatoms. The predicted octanol–water partition coefficient (Wildman–Crippen LogP) is 2.47. The maximum absolute atomic E-state index is 13.9. The van der Waals surface area contributed by atoms with E-state index in [1.807, 2.05) is 0 Å². The molecule has 1 aromatic carbocycles. The van der Waals surface area contributed by atoms with Crippen LogP contribution in [0.15, 0.2) is 39.1 Å². The number of quaternary nitrogens is 1. The van der Waals surface area contributed by atoms with Crippen LogP contribution in [0.1, 0.15) is 5.56 Å². The van der Waals surface area contributed by atoms with Gasteiger partial charge in [-0.1, -0.05) is 17.7 Å². The summed E-state index contributed by atoms with van der Waals surface area (Å²) in [5.41, 5.74) is 6.41. The zero-order valence-corrected chi connectivity index (χ0v) is 10.9. The van der Waals surface area contributed by atoms with E-state index < -0.39 is 9.93 Å². The first-order chi connectivity index (χ1) is 9.04. The number of hydrogen-bond donors (Lipinski definition) is 1. The van der Waals surface area contributed by atoms with Crippen LogP contribution in [0, 0.1) is 5.82 Å². The molecule has 0 fully saturated rings. The van der Waals surface area contributed by atoms with Gasteiger partial charge in [0.15, 0.2) is 6.34 Å². The molecule has 0 aromatic heterocycles. The van der Waals surface area contributed by atoms with Gasteiger partial charge in [-0.2, -0.15) is 9.98 Å². The lowest BCUT2D eigenvalue weighted by atomic mass is 10.1. The molecule has 1 aromatic rings. The first-order valence-corrected chi connectivity index (χ1v) is 5.95. The molecule has 19 heavy (non-hydrogen) atoms. The standard InChI is InChI=1S/C11H7Cl2FN5/c12-7-2-1-3-8(14)9(7)6-4-16-11-17-5-18-19(11,13)10(6)15/h1-5H,15H2/q+1. The maximum atomic E-state index is 13.9. The number of fused-ring (bicyclic) bond motifs is 1. The highest BCUT2D eigenvalue weighted by Gasteiger charge is 2.46. The topological polar surface area (TPSA) is 63.1 Å². The van der Waals surface area contributed by atoms with Crippen molar-refractivity contribution in [2.24, 2.45) is 20.8 Å². The molecule has 2 aliphatic heterocycles. The lowest BCUT2D eigenvalue weighted by Crippen LogP contribution is -2.41. The van der Waals surface area contributed by atoms with Gasteiger partial charge in [-0.3, -0.25) is 0 Å². The van der Waals surface area contributed by atoms with Gasteiger partial charge >= 0.3 is 5.96 Å². The summed E-state index contributed by atoms with van der Waals surface area (Å²) >= 11 is 12.2. The summed E-state index contributed by atoms with van der Waals surface area (Å²) < 4.78 is 13.3. The van der Waals surface area contributed by atoms with E-state index in [0.717, 1.165) is 0 Å². The summed E-state index contributed by atoms with van der Waals surface area (Å²) in [5.74, 6) is -0.213. The van der Waals surface area contributed by atoms with Crippen LogP contribution in [-0.2, 0) is 0 Å². The zero-order chi connectivity index (χ0) is 13.6. The summed E-state index contributed by atoms with van der Waals surface area (Å²) in [6, 6.07) is 4.35. The Balaban J connectivity index is 2.24. The van der Waals surface area contributed by atoms with Crippen LogP contribution < -0.4 is 5.73 Å². The van der Waals surface area contributed by atoms with E-state index in [9.17, 15) is 4.39 Å². The number of rotatable bonds is 1. The van der Waals surface area contributed by atoms with Gasteiger partial charge in [0, 0.05) is 9.67 Å². The third kappa shape index (κ3) is 1.68. The molecule has 0 bridgehead atoms. The fourth-order valence-corrected chi connectivity index (χ4v) is 2.33. The van der Waals surface area contributed by atoms with Crippen LogP contribution in [0.3, 0.4) is 0 Å². The van der Waals surface area contributed by atoms with Crippen LogP contribution >= 0.6 is 23.4 Å². The minimum absolute atomic E-state index is 0.0937. The summed E-state index contributed by atoms with van der Waals surface area (Å²) in [5, 5.41) is 4.14. The van der Waals surface area contributed by atoms with E-state index in [1.54, 1.807) is 6.07 Å². The van der Waals surface area contributed by atoms with Crippen molar-refractivity contribution in [3.05, 3.63) is 40.4 Å². The monoisotopic (exact) mass is 298 g/mol. The van der Waals surface area contributed by atoms with Gasteiger partial charge < -0.3 is 5.73 Å². The highest BCUT2D eigenvalue weighted by molar-refractivity contribution is 6.34. The molecule has 2 N–H and O–H groups in total. The van der Waals surface area contributed by atoms with E-state index in [0.29, 0.717) is 0 Å². The molecule has 0 radical (unpaired) electrons. The van der Waals surface area contributed by atoms with Gasteiger partial charge in [-0.15, -0.1) is 0 Å². The maximum Gasteiger partial charge on any atom is 0.383 e. The number of benzene rings is 1. The highest BCUT2D eigenvalue weighted by atomic mass is 35.5. The molecule has 0 spiro atoms. The Morgan fingerprint density at radius 3 is 2.84 bits per heavy atom. The van der Waals surface area contributed by atoms with Crippen LogP contribution in [0.5, 0.6) is 0 Å². The molecule has 0 saturated heterocycles. The molecule has 0 amide bonds. The minimum Gasteiger partial charge on any atom is -0.350 e. The molecule has 5 nitrogen and oxygen atoms in total. The molecular weight excluding hydrogens is 292 g/mol. The van der Waals surface area contributed by atoms with Gasteiger partial charge in [0.2, 0.25) is 11.8 Å². The largest absolute Gasteiger partial charge is 0.383 e. The number of guanidine groups is 1. The molecule has 2 aliphatic rings. The van der Waals surface area contributed by atoms with E-state index >= 15 is 0 Å². The van der Waals surface area contributed by atoms with Crippen molar-refractivity contribution in [3.63, 3.8) is 0 Å². The van der Waals surface area contributed by atoms with E-state index in [1.165, 1.54) is 24.7 Å². The first-order valence-electron chi connectivity index (χ1n) is 5.24. The Labute approximate surface area is 117 Å². The Morgan fingerprint density at radius 1 is 1.32 bits per heavy atom. The summed E-state index contributed by atoms with van der Waals surface area (Å²) in [4.78, 5) is 7.91. The second kappa shape index (κ2) is 4.12. The van der Waals surface area contributed by atoms with Crippen molar-refractivity contribution in [3.8, 4) is 0 Å². The number of nitrogens with zero attached hydrogens (tertiary/aromatic N) is 4. The highest BCUT2D eigenvalue weighted by Crippen LogP contribution is 2.36. The Bertz CT molecular complexity index is 674. The fourth-order valence-electron chi connectivity index (χ4n) is 1.85. The van der Waals surface area contributed by atoms with Crippen LogP contribution in [0.4, 0.5) is 4.39 Å². The number of hydrogen-bond acceptors (Lipinski definition) is 4. The first kappa shape index (κ1) is 12.3. The van der Waals surface area contributed by atoms with Crippen LogP contribution in [0.2, 0.25) is 5.02 Å². The fraction of sp³-hybridized carbons (Fsp3) is 0. The quantitative estimate of drug-likeness (QED) is 0.796. The normalized spacial score (nSPS) is 24.7. The van der Waals surface area contributed by atoms with Gasteiger partial charge in [-0.05, 0) is 17.2 Å². The average Bonchev–Trinajstić information content (AvgIpc) is 2.75. The Hall–Kier alpha value is -1.76. The molecule has 2 heterocycles. The van der Waals surface area contributed by atoms with E-state index in [-0.39, 0.29) is 27.9 Å². The second-order valence-corrected chi connectivity index (χ2v) is 4.77. The smallest absolute Gasteiger partial charge is 0.350 e. The van der Waals surface area contributed by atoms with Crippen molar-refractivity contribution >= 4 is 47.5 Å². The van der Waals surface area contributed by atoms with Crippen molar-refractivity contribution < 1.29 is 8.50 Å². The van der Waals surface area contributed by atoms with Gasteiger partial charge in [0.25, 0.3) is 5.82 Å². The molecule has 1 unspecified atom stereocenters. The second-order valence-electron chi connectivity index (χ2n) is 3.87. The summed E-state index contributed by atoms with van der Waals surface area (Å²) in [6.45, 7) is 0. The zero-order valence-electron chi connectivity index (χ0n) is 9.39. The van der Waals surface area contributed by atoms with Crippen LogP contribution in [0.25, 0.3) is 5.57 Å². The van der Waals surface area contributed by atoms with Crippen molar-refractivity contribution in [2.75, 3.05) is 0 Å². The molecule has 96 valence electrons. The third-order valence-electron chi connectivity index (χ3n) is 2.79.